The summed E-state index contributed by atoms with van der Waals surface area (Å²) >= 11 is 0. The average Bonchev–Trinajstić information content (AvgIpc) is 2.86. The first-order valence-electron chi connectivity index (χ1n) is 11.3. The fourth-order valence-corrected chi connectivity index (χ4v) is 4.13. The van der Waals surface area contributed by atoms with Crippen molar-refractivity contribution in [2.24, 2.45) is 0 Å². The van der Waals surface area contributed by atoms with Gasteiger partial charge in [-0.15, -0.1) is 0 Å². The van der Waals surface area contributed by atoms with E-state index in [1.165, 1.54) is 5.56 Å². The zero-order valence-electron chi connectivity index (χ0n) is 19.2. The summed E-state index contributed by atoms with van der Waals surface area (Å²) in [6.07, 6.45) is 1.65. The first kappa shape index (κ1) is 21.8. The molecule has 1 aromatic heterocycles. The van der Waals surface area contributed by atoms with Gasteiger partial charge in [0.15, 0.2) is 17.3 Å². The minimum absolute atomic E-state index is 0.112. The Hall–Kier alpha value is -4.06. The van der Waals surface area contributed by atoms with Gasteiger partial charge < -0.3 is 18.8 Å². The third-order valence-electron chi connectivity index (χ3n) is 5.89. The van der Waals surface area contributed by atoms with Gasteiger partial charge in [0, 0.05) is 24.4 Å². The molecule has 6 heteroatoms. The van der Waals surface area contributed by atoms with Crippen molar-refractivity contribution in [1.29, 1.82) is 0 Å². The number of rotatable bonds is 6. The van der Waals surface area contributed by atoms with Crippen LogP contribution in [0.4, 0.5) is 0 Å². The summed E-state index contributed by atoms with van der Waals surface area (Å²) in [7, 11) is 0. The van der Waals surface area contributed by atoms with Crippen molar-refractivity contribution < 1.29 is 19.0 Å². The third kappa shape index (κ3) is 4.15. The number of carbonyl (C=O) groups excluding carboxylic acids is 1. The van der Waals surface area contributed by atoms with Crippen LogP contribution in [0.1, 0.15) is 34.0 Å². The van der Waals surface area contributed by atoms with Crippen LogP contribution in [-0.4, -0.2) is 30.2 Å². The minimum Gasteiger partial charge on any atom is -0.494 e. The molecule has 1 aliphatic heterocycles. The Bertz CT molecular complexity index is 1420. The van der Waals surface area contributed by atoms with Crippen molar-refractivity contribution in [3.8, 4) is 17.2 Å². The molecule has 34 heavy (non-hydrogen) atoms. The predicted molar refractivity (Wildman–Crippen MR) is 131 cm³/mol. The van der Waals surface area contributed by atoms with E-state index in [4.69, 9.17) is 14.2 Å². The van der Waals surface area contributed by atoms with E-state index in [1.54, 1.807) is 36.5 Å². The molecule has 0 fully saturated rings. The highest BCUT2D eigenvalue weighted by Gasteiger charge is 2.21. The van der Waals surface area contributed by atoms with E-state index in [-0.39, 0.29) is 16.8 Å². The van der Waals surface area contributed by atoms with E-state index in [9.17, 15) is 9.59 Å². The van der Waals surface area contributed by atoms with Gasteiger partial charge in [-0.1, -0.05) is 29.8 Å². The Morgan fingerprint density at radius 1 is 0.971 bits per heavy atom. The molecule has 0 saturated carbocycles. The zero-order valence-corrected chi connectivity index (χ0v) is 19.2. The zero-order chi connectivity index (χ0) is 23.7. The van der Waals surface area contributed by atoms with Crippen LogP contribution >= 0.6 is 0 Å². The van der Waals surface area contributed by atoms with Crippen molar-refractivity contribution in [3.63, 3.8) is 0 Å². The summed E-state index contributed by atoms with van der Waals surface area (Å²) in [4.78, 5) is 26.9. The summed E-state index contributed by atoms with van der Waals surface area (Å²) < 4.78 is 18.9. The van der Waals surface area contributed by atoms with E-state index in [1.807, 2.05) is 48.7 Å². The van der Waals surface area contributed by atoms with Crippen LogP contribution in [0.2, 0.25) is 0 Å². The third-order valence-corrected chi connectivity index (χ3v) is 5.89. The summed E-state index contributed by atoms with van der Waals surface area (Å²) in [5.41, 5.74) is 3.13. The molecule has 4 aromatic rings. The summed E-state index contributed by atoms with van der Waals surface area (Å²) in [5.74, 6) is 1.46. The summed E-state index contributed by atoms with van der Waals surface area (Å²) in [5, 5.41) is 0.424. The second-order valence-electron chi connectivity index (χ2n) is 8.28. The molecule has 0 radical (unpaired) electrons. The first-order chi connectivity index (χ1) is 16.5. The Kier molecular flexibility index (Phi) is 5.80. The Balaban J connectivity index is 1.65. The lowest BCUT2D eigenvalue weighted by atomic mass is 10.0. The molecule has 3 aromatic carbocycles. The molecule has 0 spiro atoms. The largest absolute Gasteiger partial charge is 0.494 e. The van der Waals surface area contributed by atoms with Gasteiger partial charge in [0.05, 0.1) is 23.1 Å². The van der Waals surface area contributed by atoms with E-state index in [0.29, 0.717) is 60.1 Å². The lowest BCUT2D eigenvalue weighted by molar-refractivity contribution is 0.103. The van der Waals surface area contributed by atoms with Crippen LogP contribution in [0.5, 0.6) is 17.2 Å². The standard InChI is InChI=1S/C28H25NO5/c1-3-32-21-10-8-20(9-11-21)27(30)23-17-29(16-19-6-4-18(2)5-7-19)24-15-26-25(33-12-13-34-26)14-22(24)28(23)31/h4-11,14-15,17H,3,12-13,16H2,1-2H3. The molecule has 0 N–H and O–H groups in total. The van der Waals surface area contributed by atoms with Gasteiger partial charge >= 0.3 is 0 Å². The number of hydrogen-bond donors (Lipinski definition) is 0. The number of aromatic nitrogens is 1. The lowest BCUT2D eigenvalue weighted by Crippen LogP contribution is -2.21. The molecular formula is C28H25NO5. The lowest BCUT2D eigenvalue weighted by Gasteiger charge is -2.21. The summed E-state index contributed by atoms with van der Waals surface area (Å²) in [6, 6.07) is 18.5. The number of carbonyl (C=O) groups is 1. The van der Waals surface area contributed by atoms with Gasteiger partial charge in [0.1, 0.15) is 19.0 Å². The predicted octanol–water partition coefficient (Wildman–Crippen LogP) is 4.76. The molecule has 0 bridgehead atoms. The monoisotopic (exact) mass is 455 g/mol. The maximum Gasteiger partial charge on any atom is 0.200 e. The molecule has 0 saturated heterocycles. The Morgan fingerprint density at radius 2 is 1.65 bits per heavy atom. The fourth-order valence-electron chi connectivity index (χ4n) is 4.13. The van der Waals surface area contributed by atoms with Crippen LogP contribution in [0.25, 0.3) is 10.9 Å². The molecule has 0 aliphatic carbocycles. The van der Waals surface area contributed by atoms with Crippen LogP contribution in [0.15, 0.2) is 71.7 Å². The number of ether oxygens (including phenoxy) is 3. The van der Waals surface area contributed by atoms with Gasteiger partial charge in [0.25, 0.3) is 0 Å². The molecule has 172 valence electrons. The Morgan fingerprint density at radius 3 is 2.32 bits per heavy atom. The van der Waals surface area contributed by atoms with E-state index in [2.05, 4.69) is 0 Å². The van der Waals surface area contributed by atoms with Gasteiger partial charge in [-0.2, -0.15) is 0 Å². The quantitative estimate of drug-likeness (QED) is 0.392. The second kappa shape index (κ2) is 9.06. The van der Waals surface area contributed by atoms with Crippen molar-refractivity contribution >= 4 is 16.7 Å². The molecule has 1 aliphatic rings. The highest BCUT2D eigenvalue weighted by atomic mass is 16.6. The second-order valence-corrected chi connectivity index (χ2v) is 8.28. The summed E-state index contributed by atoms with van der Waals surface area (Å²) in [6.45, 7) is 5.85. The number of aryl methyl sites for hydroxylation is 1. The highest BCUT2D eigenvalue weighted by molar-refractivity contribution is 6.10. The average molecular weight is 456 g/mol. The molecule has 0 amide bonds. The Labute approximate surface area is 197 Å². The van der Waals surface area contributed by atoms with Gasteiger partial charge in [-0.05, 0) is 49.7 Å². The number of nitrogens with zero attached hydrogens (tertiary/aromatic N) is 1. The van der Waals surface area contributed by atoms with E-state index < -0.39 is 0 Å². The SMILES string of the molecule is CCOc1ccc(C(=O)c2cn(Cc3ccc(C)cc3)c3cc4c(cc3c2=O)OCCO4)cc1. The van der Waals surface area contributed by atoms with E-state index in [0.717, 1.165) is 5.56 Å². The number of benzene rings is 3. The van der Waals surface area contributed by atoms with Gasteiger partial charge in [0.2, 0.25) is 5.43 Å². The van der Waals surface area contributed by atoms with Gasteiger partial charge in [-0.25, -0.2) is 0 Å². The van der Waals surface area contributed by atoms with Crippen molar-refractivity contribution in [2.75, 3.05) is 19.8 Å². The first-order valence-corrected chi connectivity index (χ1v) is 11.3. The number of pyridine rings is 1. The molecular weight excluding hydrogens is 430 g/mol. The fraction of sp³-hybridized carbons (Fsp3) is 0.214. The van der Waals surface area contributed by atoms with Crippen molar-refractivity contribution in [3.05, 3.63) is 99.3 Å². The van der Waals surface area contributed by atoms with Crippen molar-refractivity contribution in [1.82, 2.24) is 4.57 Å². The number of hydrogen-bond acceptors (Lipinski definition) is 5. The van der Waals surface area contributed by atoms with E-state index >= 15 is 0 Å². The smallest absolute Gasteiger partial charge is 0.200 e. The topological polar surface area (TPSA) is 66.8 Å². The van der Waals surface area contributed by atoms with Crippen LogP contribution < -0.4 is 19.6 Å². The molecule has 2 heterocycles. The molecule has 0 unspecified atom stereocenters. The normalized spacial score (nSPS) is 12.5. The van der Waals surface area contributed by atoms with Crippen LogP contribution in [-0.2, 0) is 6.54 Å². The molecule has 6 nitrogen and oxygen atoms in total. The molecule has 0 atom stereocenters. The van der Waals surface area contributed by atoms with Crippen LogP contribution in [0.3, 0.4) is 0 Å². The van der Waals surface area contributed by atoms with Gasteiger partial charge in [-0.3, -0.25) is 9.59 Å². The maximum atomic E-state index is 13.5. The van der Waals surface area contributed by atoms with Crippen molar-refractivity contribution in [2.45, 2.75) is 20.4 Å². The molecule has 5 rings (SSSR count). The van der Waals surface area contributed by atoms with Crippen LogP contribution in [0, 0.1) is 6.92 Å². The highest BCUT2D eigenvalue weighted by Crippen LogP contribution is 2.34. The minimum atomic E-state index is -0.331. The number of ketones is 1. The number of fused-ring (bicyclic) bond motifs is 2. The maximum absolute atomic E-state index is 13.5.